The van der Waals surface area contributed by atoms with Gasteiger partial charge in [0.2, 0.25) is 0 Å². The fraction of sp³-hybridized carbons (Fsp3) is 0.500. The lowest BCUT2D eigenvalue weighted by Gasteiger charge is -2.32. The van der Waals surface area contributed by atoms with Crippen molar-refractivity contribution in [2.45, 2.75) is 52.7 Å². The van der Waals surface area contributed by atoms with Gasteiger partial charge in [-0.2, -0.15) is 0 Å². The van der Waals surface area contributed by atoms with Gasteiger partial charge in [-0.15, -0.1) is 0 Å². The van der Waals surface area contributed by atoms with E-state index in [0.29, 0.717) is 16.5 Å². The topological polar surface area (TPSA) is 61.6 Å². The molecule has 136 valence electrons. The summed E-state index contributed by atoms with van der Waals surface area (Å²) in [6.07, 6.45) is 1.94. The van der Waals surface area contributed by atoms with Gasteiger partial charge in [0.1, 0.15) is 0 Å². The molecule has 25 heavy (non-hydrogen) atoms. The Morgan fingerprint density at radius 1 is 1.28 bits per heavy atom. The zero-order chi connectivity index (χ0) is 19.0. The molecule has 2 N–H and O–H groups in total. The maximum atomic E-state index is 11.4. The van der Waals surface area contributed by atoms with Crippen LogP contribution in [0.15, 0.2) is 17.6 Å². The van der Waals surface area contributed by atoms with E-state index in [4.69, 9.17) is 26.6 Å². The normalized spacial score (nSPS) is 19.3. The summed E-state index contributed by atoms with van der Waals surface area (Å²) in [4.78, 5) is 11.4. The van der Waals surface area contributed by atoms with Crippen LogP contribution in [0.25, 0.3) is 6.08 Å². The highest BCUT2D eigenvalue weighted by molar-refractivity contribution is 8.13. The van der Waals surface area contributed by atoms with Gasteiger partial charge in [0.25, 0.3) is 0 Å². The summed E-state index contributed by atoms with van der Waals surface area (Å²) in [5.74, 6) is 0.478. The summed E-state index contributed by atoms with van der Waals surface area (Å²) in [6, 6.07) is 3.67. The Morgan fingerprint density at radius 3 is 2.36 bits per heavy atom. The molecule has 0 spiro atoms. The van der Waals surface area contributed by atoms with Crippen molar-refractivity contribution in [1.29, 1.82) is 0 Å². The zero-order valence-electron chi connectivity index (χ0n) is 15.6. The number of hydrogen-bond donors (Lipinski definition) is 1. The molecule has 1 aromatic carbocycles. The van der Waals surface area contributed by atoms with Crippen LogP contribution in [-0.4, -0.2) is 29.2 Å². The number of rotatable bonds is 4. The smallest absolute Gasteiger partial charge is 0.400 e. The number of nitrogen functional groups attached to an aromatic ring is 1. The summed E-state index contributed by atoms with van der Waals surface area (Å²) >= 11 is 7.57. The molecule has 0 aliphatic carbocycles. The second-order valence-electron chi connectivity index (χ2n) is 7.32. The summed E-state index contributed by atoms with van der Waals surface area (Å²) in [6.45, 7) is 11.5. The second-order valence-corrected chi connectivity index (χ2v) is 8.88. The number of aryl methyl sites for hydroxylation is 1. The quantitative estimate of drug-likeness (QED) is 0.613. The minimum atomic E-state index is -0.522. The van der Waals surface area contributed by atoms with Crippen LogP contribution < -0.4 is 5.73 Å². The predicted molar refractivity (Wildman–Crippen MR) is 108 cm³/mol. The third-order valence-corrected chi connectivity index (χ3v) is 5.94. The second kappa shape index (κ2) is 7.35. The molecule has 0 unspecified atom stereocenters. The lowest BCUT2D eigenvalue weighted by Crippen LogP contribution is -2.41. The van der Waals surface area contributed by atoms with E-state index in [1.807, 2.05) is 46.8 Å². The molecule has 0 bridgehead atoms. The first kappa shape index (κ1) is 20.4. The number of thioether (sulfide) groups is 1. The van der Waals surface area contributed by atoms with Gasteiger partial charge in [-0.3, -0.25) is 4.79 Å². The minimum Gasteiger partial charge on any atom is -0.400 e. The van der Waals surface area contributed by atoms with Crippen molar-refractivity contribution in [3.05, 3.63) is 33.8 Å². The molecule has 0 atom stereocenters. The third kappa shape index (κ3) is 4.62. The van der Waals surface area contributed by atoms with Crippen molar-refractivity contribution >= 4 is 47.4 Å². The molecule has 4 nitrogen and oxygen atoms in total. The maximum absolute atomic E-state index is 11.4. The highest BCUT2D eigenvalue weighted by atomic mass is 35.5. The van der Waals surface area contributed by atoms with E-state index >= 15 is 0 Å². The molecule has 1 aliphatic heterocycles. The molecule has 1 heterocycles. The lowest BCUT2D eigenvalue weighted by molar-refractivity contribution is -0.109. The first-order valence-corrected chi connectivity index (χ1v) is 9.54. The van der Waals surface area contributed by atoms with Gasteiger partial charge in [-0.25, -0.2) is 0 Å². The predicted octanol–water partition coefficient (Wildman–Crippen LogP) is 4.53. The Labute approximate surface area is 159 Å². The third-order valence-electron chi connectivity index (χ3n) is 4.72. The Kier molecular flexibility index (Phi) is 5.99. The standard InChI is InChI=1S/C18H25BClNO3S/c1-11-7-13(15(20)9-16(11)21)8-14(10-25-12(2)22)19-23-17(3,4)18(5,6)24-19/h7-9H,10,21H2,1-6H3. The van der Waals surface area contributed by atoms with E-state index in [1.165, 1.54) is 11.8 Å². The molecule has 7 heteroatoms. The average molecular weight is 382 g/mol. The Hall–Kier alpha value is -0.945. The number of hydrogen-bond acceptors (Lipinski definition) is 5. The number of nitrogens with two attached hydrogens (primary N) is 1. The van der Waals surface area contributed by atoms with Crippen molar-refractivity contribution in [1.82, 2.24) is 0 Å². The summed E-state index contributed by atoms with van der Waals surface area (Å²) in [5, 5.41) is 0.604. The molecule has 2 rings (SSSR count). The SMILES string of the molecule is CC(=O)SCC(=Cc1cc(C)c(N)cc1Cl)B1OC(C)(C)C(C)(C)O1. The molecule has 0 aromatic heterocycles. The van der Waals surface area contributed by atoms with Crippen LogP contribution in [0.5, 0.6) is 0 Å². The molecule has 1 saturated heterocycles. The van der Waals surface area contributed by atoms with Crippen LogP contribution in [0.2, 0.25) is 5.02 Å². The van der Waals surface area contributed by atoms with Crippen LogP contribution >= 0.6 is 23.4 Å². The number of benzene rings is 1. The Balaban J connectivity index is 2.40. The Morgan fingerprint density at radius 2 is 1.84 bits per heavy atom. The molecule has 1 fully saturated rings. The molecule has 1 aromatic rings. The van der Waals surface area contributed by atoms with Crippen molar-refractivity contribution in [2.75, 3.05) is 11.5 Å². The van der Waals surface area contributed by atoms with Crippen LogP contribution in [-0.2, 0) is 14.1 Å². The van der Waals surface area contributed by atoms with Gasteiger partial charge in [-0.05, 0) is 63.4 Å². The van der Waals surface area contributed by atoms with Crippen molar-refractivity contribution in [3.63, 3.8) is 0 Å². The zero-order valence-corrected chi connectivity index (χ0v) is 17.2. The van der Waals surface area contributed by atoms with Gasteiger partial charge < -0.3 is 15.0 Å². The largest absolute Gasteiger partial charge is 0.491 e. The summed E-state index contributed by atoms with van der Waals surface area (Å²) < 4.78 is 12.3. The van der Waals surface area contributed by atoms with Gasteiger partial charge in [-0.1, -0.05) is 29.4 Å². The number of halogens is 1. The van der Waals surface area contributed by atoms with Gasteiger partial charge >= 0.3 is 7.12 Å². The van der Waals surface area contributed by atoms with E-state index < -0.39 is 18.3 Å². The highest BCUT2D eigenvalue weighted by Crippen LogP contribution is 2.39. The average Bonchev–Trinajstić information content (AvgIpc) is 2.68. The number of carbonyl (C=O) groups is 1. The summed E-state index contributed by atoms with van der Waals surface area (Å²) in [5.41, 5.74) is 8.32. The van der Waals surface area contributed by atoms with Gasteiger partial charge in [0.05, 0.1) is 11.2 Å². The summed E-state index contributed by atoms with van der Waals surface area (Å²) in [7, 11) is -0.522. The molecule has 1 aliphatic rings. The maximum Gasteiger partial charge on any atom is 0.491 e. The van der Waals surface area contributed by atoms with E-state index in [-0.39, 0.29) is 5.12 Å². The monoisotopic (exact) mass is 381 g/mol. The van der Waals surface area contributed by atoms with Crippen LogP contribution in [0.1, 0.15) is 45.7 Å². The molecule has 0 radical (unpaired) electrons. The van der Waals surface area contributed by atoms with Crippen LogP contribution in [0, 0.1) is 6.92 Å². The fourth-order valence-corrected chi connectivity index (χ4v) is 3.20. The van der Waals surface area contributed by atoms with E-state index in [1.54, 1.807) is 13.0 Å². The molecular formula is C18H25BClNO3S. The van der Waals surface area contributed by atoms with Gasteiger partial charge in [0, 0.05) is 23.4 Å². The lowest BCUT2D eigenvalue weighted by atomic mass is 9.78. The van der Waals surface area contributed by atoms with E-state index in [0.717, 1.165) is 16.6 Å². The van der Waals surface area contributed by atoms with Crippen LogP contribution in [0.3, 0.4) is 0 Å². The van der Waals surface area contributed by atoms with Crippen LogP contribution in [0.4, 0.5) is 5.69 Å². The first-order chi connectivity index (χ1) is 11.4. The van der Waals surface area contributed by atoms with Crippen molar-refractivity contribution in [3.8, 4) is 0 Å². The molecule has 0 amide bonds. The Bertz CT molecular complexity index is 703. The van der Waals surface area contributed by atoms with Crippen molar-refractivity contribution in [2.24, 2.45) is 0 Å². The molecule has 0 saturated carbocycles. The van der Waals surface area contributed by atoms with E-state index in [2.05, 4.69) is 0 Å². The highest BCUT2D eigenvalue weighted by Gasteiger charge is 2.52. The minimum absolute atomic E-state index is 0.0435. The van der Waals surface area contributed by atoms with Crippen molar-refractivity contribution < 1.29 is 14.1 Å². The number of anilines is 1. The fourth-order valence-electron chi connectivity index (χ4n) is 2.39. The number of carbonyl (C=O) groups excluding carboxylic acids is 1. The van der Waals surface area contributed by atoms with Gasteiger partial charge in [0.15, 0.2) is 5.12 Å². The van der Waals surface area contributed by atoms with E-state index in [9.17, 15) is 4.79 Å². The molecular weight excluding hydrogens is 357 g/mol. The first-order valence-electron chi connectivity index (χ1n) is 8.18.